The van der Waals surface area contributed by atoms with Gasteiger partial charge in [-0.3, -0.25) is 9.59 Å². The number of nitrogens with one attached hydrogen (secondary N) is 1. The molecule has 0 aromatic rings. The van der Waals surface area contributed by atoms with Crippen LogP contribution in [0.1, 0.15) is 20.3 Å². The van der Waals surface area contributed by atoms with Gasteiger partial charge in [0.25, 0.3) is 0 Å². The molecule has 1 rings (SSSR count). The summed E-state index contributed by atoms with van der Waals surface area (Å²) >= 11 is 0. The summed E-state index contributed by atoms with van der Waals surface area (Å²) in [7, 11) is 0. The molecule has 1 saturated heterocycles. The molecule has 0 aliphatic carbocycles. The standard InChI is InChI=1S/C13H22N2O3/c1-4-5-7-18-8-6-15-11(16)9-14-13(17)12(15)10(2)3/h4,10,12H,1,5-9H2,2-3H3,(H,14,17). The van der Waals surface area contributed by atoms with E-state index in [0.717, 1.165) is 6.42 Å². The number of amides is 2. The summed E-state index contributed by atoms with van der Waals surface area (Å²) < 4.78 is 5.39. The van der Waals surface area contributed by atoms with Crippen LogP contribution in [-0.4, -0.2) is 49.1 Å². The molecule has 1 heterocycles. The molecule has 0 bridgehead atoms. The molecule has 1 fully saturated rings. The van der Waals surface area contributed by atoms with E-state index in [9.17, 15) is 9.59 Å². The van der Waals surface area contributed by atoms with Crippen molar-refractivity contribution in [1.82, 2.24) is 10.2 Å². The quantitative estimate of drug-likeness (QED) is 0.533. The van der Waals surface area contributed by atoms with Gasteiger partial charge in [0, 0.05) is 6.54 Å². The molecule has 1 atom stereocenters. The first kappa shape index (κ1) is 14.7. The maximum atomic E-state index is 11.8. The predicted molar refractivity (Wildman–Crippen MR) is 69.0 cm³/mol. The SMILES string of the molecule is C=CCCOCCN1C(=O)CNC(=O)C1C(C)C. The van der Waals surface area contributed by atoms with E-state index in [-0.39, 0.29) is 30.3 Å². The van der Waals surface area contributed by atoms with Gasteiger partial charge in [-0.2, -0.15) is 0 Å². The first-order valence-electron chi connectivity index (χ1n) is 6.33. The monoisotopic (exact) mass is 254 g/mol. The van der Waals surface area contributed by atoms with Crippen LogP contribution < -0.4 is 5.32 Å². The zero-order valence-electron chi connectivity index (χ0n) is 11.1. The van der Waals surface area contributed by atoms with E-state index in [4.69, 9.17) is 4.74 Å². The van der Waals surface area contributed by atoms with Crippen molar-refractivity contribution in [2.75, 3.05) is 26.3 Å². The Morgan fingerprint density at radius 3 is 2.83 bits per heavy atom. The molecule has 0 spiro atoms. The van der Waals surface area contributed by atoms with Gasteiger partial charge in [-0.25, -0.2) is 0 Å². The first-order chi connectivity index (χ1) is 8.57. The van der Waals surface area contributed by atoms with Crippen LogP contribution in [0.5, 0.6) is 0 Å². The molecule has 18 heavy (non-hydrogen) atoms. The van der Waals surface area contributed by atoms with Crippen molar-refractivity contribution in [2.24, 2.45) is 5.92 Å². The molecular formula is C13H22N2O3. The lowest BCUT2D eigenvalue weighted by molar-refractivity contribution is -0.148. The Bertz CT molecular complexity index is 315. The molecule has 1 aliphatic heterocycles. The summed E-state index contributed by atoms with van der Waals surface area (Å²) in [5, 5.41) is 2.62. The van der Waals surface area contributed by atoms with E-state index in [2.05, 4.69) is 11.9 Å². The third-order valence-corrected chi connectivity index (χ3v) is 2.91. The van der Waals surface area contributed by atoms with Crippen LogP contribution in [0, 0.1) is 5.92 Å². The highest BCUT2D eigenvalue weighted by Crippen LogP contribution is 2.14. The van der Waals surface area contributed by atoms with Crippen molar-refractivity contribution in [3.05, 3.63) is 12.7 Å². The van der Waals surface area contributed by atoms with Crippen molar-refractivity contribution in [3.63, 3.8) is 0 Å². The summed E-state index contributed by atoms with van der Waals surface area (Å²) in [6, 6.07) is -0.380. The van der Waals surface area contributed by atoms with Gasteiger partial charge >= 0.3 is 0 Å². The molecule has 0 saturated carbocycles. The van der Waals surface area contributed by atoms with E-state index in [0.29, 0.717) is 19.8 Å². The summed E-state index contributed by atoms with van der Waals surface area (Å²) in [6.07, 6.45) is 2.58. The van der Waals surface area contributed by atoms with Crippen molar-refractivity contribution in [1.29, 1.82) is 0 Å². The Morgan fingerprint density at radius 1 is 1.50 bits per heavy atom. The fourth-order valence-corrected chi connectivity index (χ4v) is 2.02. The fourth-order valence-electron chi connectivity index (χ4n) is 2.02. The highest BCUT2D eigenvalue weighted by molar-refractivity contribution is 5.94. The van der Waals surface area contributed by atoms with Crippen LogP contribution in [0.3, 0.4) is 0 Å². The molecule has 0 aromatic heterocycles. The molecule has 5 heteroatoms. The fraction of sp³-hybridized carbons (Fsp3) is 0.692. The Labute approximate surface area is 108 Å². The Kier molecular flexibility index (Phi) is 5.85. The molecule has 2 amide bonds. The van der Waals surface area contributed by atoms with Gasteiger partial charge < -0.3 is 15.0 Å². The number of hydrogen-bond donors (Lipinski definition) is 1. The molecule has 1 unspecified atom stereocenters. The first-order valence-corrected chi connectivity index (χ1v) is 6.33. The van der Waals surface area contributed by atoms with Crippen LogP contribution in [0.4, 0.5) is 0 Å². The van der Waals surface area contributed by atoms with E-state index >= 15 is 0 Å². The second-order valence-electron chi connectivity index (χ2n) is 4.68. The highest BCUT2D eigenvalue weighted by Gasteiger charge is 2.35. The van der Waals surface area contributed by atoms with Crippen LogP contribution >= 0.6 is 0 Å². The minimum Gasteiger partial charge on any atom is -0.379 e. The smallest absolute Gasteiger partial charge is 0.243 e. The van der Waals surface area contributed by atoms with E-state index in [1.165, 1.54) is 0 Å². The lowest BCUT2D eigenvalue weighted by atomic mass is 9.99. The number of hydrogen-bond acceptors (Lipinski definition) is 3. The molecule has 1 aliphatic rings. The predicted octanol–water partition coefficient (Wildman–Crippen LogP) is 0.562. The minimum atomic E-state index is -0.380. The van der Waals surface area contributed by atoms with Gasteiger partial charge in [-0.15, -0.1) is 6.58 Å². The van der Waals surface area contributed by atoms with Crippen LogP contribution in [0.25, 0.3) is 0 Å². The lowest BCUT2D eigenvalue weighted by Crippen LogP contribution is -2.60. The van der Waals surface area contributed by atoms with Crippen molar-refractivity contribution in [3.8, 4) is 0 Å². The van der Waals surface area contributed by atoms with Gasteiger partial charge in [0.05, 0.1) is 19.8 Å². The minimum absolute atomic E-state index is 0.0411. The van der Waals surface area contributed by atoms with E-state index in [1.54, 1.807) is 11.0 Å². The van der Waals surface area contributed by atoms with E-state index in [1.807, 2.05) is 13.8 Å². The molecular weight excluding hydrogens is 232 g/mol. The zero-order chi connectivity index (χ0) is 13.5. The Morgan fingerprint density at radius 2 is 2.22 bits per heavy atom. The van der Waals surface area contributed by atoms with Crippen molar-refractivity contribution < 1.29 is 14.3 Å². The zero-order valence-corrected chi connectivity index (χ0v) is 11.1. The van der Waals surface area contributed by atoms with Crippen LogP contribution in [-0.2, 0) is 14.3 Å². The number of carbonyl (C=O) groups excluding carboxylic acids is 2. The highest BCUT2D eigenvalue weighted by atomic mass is 16.5. The molecule has 102 valence electrons. The average Bonchev–Trinajstić information content (AvgIpc) is 2.32. The number of piperazine rings is 1. The Balaban J connectivity index is 2.49. The van der Waals surface area contributed by atoms with E-state index < -0.39 is 0 Å². The maximum Gasteiger partial charge on any atom is 0.243 e. The summed E-state index contributed by atoms with van der Waals surface area (Å²) in [6.45, 7) is 9.10. The third kappa shape index (κ3) is 3.84. The number of ether oxygens (including phenoxy) is 1. The number of rotatable bonds is 7. The lowest BCUT2D eigenvalue weighted by Gasteiger charge is -2.37. The van der Waals surface area contributed by atoms with Crippen LogP contribution in [0.15, 0.2) is 12.7 Å². The second-order valence-corrected chi connectivity index (χ2v) is 4.68. The van der Waals surface area contributed by atoms with Gasteiger partial charge in [0.2, 0.25) is 11.8 Å². The van der Waals surface area contributed by atoms with Crippen LogP contribution in [0.2, 0.25) is 0 Å². The second kappa shape index (κ2) is 7.16. The average molecular weight is 254 g/mol. The molecule has 0 radical (unpaired) electrons. The molecule has 5 nitrogen and oxygen atoms in total. The maximum absolute atomic E-state index is 11.8. The number of carbonyl (C=O) groups is 2. The summed E-state index contributed by atoms with van der Waals surface area (Å²) in [5.74, 6) is -0.0151. The topological polar surface area (TPSA) is 58.6 Å². The van der Waals surface area contributed by atoms with Gasteiger partial charge in [0.15, 0.2) is 0 Å². The van der Waals surface area contributed by atoms with Gasteiger partial charge in [-0.05, 0) is 12.3 Å². The van der Waals surface area contributed by atoms with Gasteiger partial charge in [-0.1, -0.05) is 19.9 Å². The normalized spacial score (nSPS) is 20.2. The third-order valence-electron chi connectivity index (χ3n) is 2.91. The number of nitrogens with zero attached hydrogens (tertiary/aromatic N) is 1. The summed E-state index contributed by atoms with van der Waals surface area (Å²) in [5.41, 5.74) is 0. The summed E-state index contributed by atoms with van der Waals surface area (Å²) in [4.78, 5) is 25.2. The molecule has 1 N–H and O–H groups in total. The largest absolute Gasteiger partial charge is 0.379 e. The molecule has 0 aromatic carbocycles. The Hall–Kier alpha value is -1.36. The van der Waals surface area contributed by atoms with Crippen molar-refractivity contribution in [2.45, 2.75) is 26.3 Å². The van der Waals surface area contributed by atoms with Gasteiger partial charge in [0.1, 0.15) is 6.04 Å². The van der Waals surface area contributed by atoms with Crippen molar-refractivity contribution >= 4 is 11.8 Å².